The Morgan fingerprint density at radius 3 is 2.38 bits per heavy atom. The lowest BCUT2D eigenvalue weighted by Crippen LogP contribution is -2.13. The van der Waals surface area contributed by atoms with Crippen LogP contribution in [0.1, 0.15) is 5.69 Å². The number of halogens is 1. The van der Waals surface area contributed by atoms with Crippen LogP contribution in [0.5, 0.6) is 0 Å². The predicted octanol–water partition coefficient (Wildman–Crippen LogP) is 1.65. The average molecular weight is 310 g/mol. The van der Waals surface area contributed by atoms with Gasteiger partial charge in [0, 0.05) is 0 Å². The third-order valence-electron chi connectivity index (χ3n) is 2.53. The highest BCUT2D eigenvalue weighted by molar-refractivity contribution is 7.92. The van der Waals surface area contributed by atoms with E-state index in [9.17, 15) is 17.6 Å². The summed E-state index contributed by atoms with van der Waals surface area (Å²) in [5.74, 6) is -1.56. The Hall–Kier alpha value is -2.48. The molecule has 21 heavy (non-hydrogen) atoms. The second-order valence-corrected chi connectivity index (χ2v) is 5.85. The molecule has 0 saturated carbocycles. The summed E-state index contributed by atoms with van der Waals surface area (Å²) in [4.78, 5) is 14.3. The number of benzene rings is 1. The summed E-state index contributed by atoms with van der Waals surface area (Å²) >= 11 is 0. The van der Waals surface area contributed by atoms with Crippen LogP contribution in [0, 0.1) is 5.82 Å². The Morgan fingerprint density at radius 2 is 1.86 bits per heavy atom. The first-order chi connectivity index (χ1) is 9.87. The number of carboxylic acid groups (broad SMARTS) is 1. The van der Waals surface area contributed by atoms with Gasteiger partial charge in [0.15, 0.2) is 0 Å². The third kappa shape index (κ3) is 3.99. The minimum atomic E-state index is -3.84. The molecule has 0 fully saturated rings. The molecule has 0 aliphatic carbocycles. The number of anilines is 1. The molecule has 0 unspecified atom stereocenters. The van der Waals surface area contributed by atoms with Crippen molar-refractivity contribution >= 4 is 21.7 Å². The number of sulfonamides is 1. The second-order valence-electron chi connectivity index (χ2n) is 4.17. The van der Waals surface area contributed by atoms with Crippen LogP contribution in [-0.4, -0.2) is 24.5 Å². The van der Waals surface area contributed by atoms with E-state index in [1.54, 1.807) is 0 Å². The van der Waals surface area contributed by atoms with E-state index in [2.05, 4.69) is 9.71 Å². The predicted molar refractivity (Wildman–Crippen MR) is 72.8 cm³/mol. The monoisotopic (exact) mass is 310 g/mol. The number of hydrogen-bond acceptors (Lipinski definition) is 4. The minimum absolute atomic E-state index is 0.0847. The Kier molecular flexibility index (Phi) is 4.18. The summed E-state index contributed by atoms with van der Waals surface area (Å²) in [6, 6.07) is 7.20. The van der Waals surface area contributed by atoms with E-state index in [0.717, 1.165) is 24.3 Å². The van der Waals surface area contributed by atoms with Gasteiger partial charge in [-0.15, -0.1) is 0 Å². The molecule has 2 rings (SSSR count). The van der Waals surface area contributed by atoms with Crippen molar-refractivity contribution in [1.29, 1.82) is 0 Å². The van der Waals surface area contributed by atoms with Crippen molar-refractivity contribution in [3.05, 3.63) is 54.1 Å². The summed E-state index contributed by atoms with van der Waals surface area (Å²) in [5.41, 5.74) is 0.501. The molecule has 0 bridgehead atoms. The summed E-state index contributed by atoms with van der Waals surface area (Å²) in [7, 11) is -3.84. The van der Waals surface area contributed by atoms with Crippen molar-refractivity contribution in [1.82, 2.24) is 4.98 Å². The quantitative estimate of drug-likeness (QED) is 0.875. The lowest BCUT2D eigenvalue weighted by atomic mass is 10.3. The third-order valence-corrected chi connectivity index (χ3v) is 3.93. The van der Waals surface area contributed by atoms with E-state index >= 15 is 0 Å². The highest BCUT2D eigenvalue weighted by atomic mass is 32.2. The molecular weight excluding hydrogens is 299 g/mol. The number of nitrogens with zero attached hydrogens (tertiary/aromatic N) is 1. The molecule has 110 valence electrons. The molecule has 0 amide bonds. The number of pyridine rings is 1. The first-order valence-corrected chi connectivity index (χ1v) is 7.30. The van der Waals surface area contributed by atoms with E-state index in [4.69, 9.17) is 5.11 Å². The van der Waals surface area contributed by atoms with Crippen LogP contribution in [0.3, 0.4) is 0 Å². The van der Waals surface area contributed by atoms with Crippen LogP contribution in [0.2, 0.25) is 0 Å². The van der Waals surface area contributed by atoms with Crippen LogP contribution in [0.25, 0.3) is 0 Å². The smallest absolute Gasteiger partial charge is 0.309 e. The molecule has 0 aliphatic rings. The zero-order chi connectivity index (χ0) is 15.5. The van der Waals surface area contributed by atoms with Crippen molar-refractivity contribution in [3.8, 4) is 0 Å². The van der Waals surface area contributed by atoms with Gasteiger partial charge < -0.3 is 5.11 Å². The zero-order valence-corrected chi connectivity index (χ0v) is 11.5. The molecule has 0 aliphatic heterocycles. The Balaban J connectivity index is 2.16. The largest absolute Gasteiger partial charge is 0.481 e. The van der Waals surface area contributed by atoms with Crippen LogP contribution in [0.15, 0.2) is 47.5 Å². The lowest BCUT2D eigenvalue weighted by Gasteiger charge is -2.08. The van der Waals surface area contributed by atoms with Gasteiger partial charge in [-0.1, -0.05) is 0 Å². The zero-order valence-electron chi connectivity index (χ0n) is 10.7. The van der Waals surface area contributed by atoms with Crippen molar-refractivity contribution in [3.63, 3.8) is 0 Å². The number of aromatic nitrogens is 1. The molecule has 2 N–H and O–H groups in total. The molecule has 1 aromatic carbocycles. The van der Waals surface area contributed by atoms with E-state index in [-0.39, 0.29) is 17.0 Å². The molecule has 0 spiro atoms. The number of carboxylic acids is 1. The van der Waals surface area contributed by atoms with Crippen molar-refractivity contribution < 1.29 is 22.7 Å². The van der Waals surface area contributed by atoms with E-state index in [1.807, 2.05) is 0 Å². The fourth-order valence-electron chi connectivity index (χ4n) is 1.57. The molecule has 1 heterocycles. The first kappa shape index (κ1) is 14.9. The molecule has 0 radical (unpaired) electrons. The molecule has 1 aromatic heterocycles. The summed E-state index contributed by atoms with van der Waals surface area (Å²) in [6.45, 7) is 0. The standard InChI is InChI=1S/C13H11FN2O4S/c14-9-1-5-12(6-2-9)21(19,20)16-11-4-3-10(15-8-11)7-13(17)18/h1-6,8,16H,7H2,(H,17,18). The lowest BCUT2D eigenvalue weighted by molar-refractivity contribution is -0.136. The van der Waals surface area contributed by atoms with E-state index in [1.165, 1.54) is 18.3 Å². The van der Waals surface area contributed by atoms with Gasteiger partial charge in [0.05, 0.1) is 28.9 Å². The van der Waals surface area contributed by atoms with Crippen LogP contribution in [0.4, 0.5) is 10.1 Å². The van der Waals surface area contributed by atoms with Gasteiger partial charge in [0.25, 0.3) is 10.0 Å². The highest BCUT2D eigenvalue weighted by Crippen LogP contribution is 2.16. The molecular formula is C13H11FN2O4S. The first-order valence-electron chi connectivity index (χ1n) is 5.82. The van der Waals surface area contributed by atoms with Crippen molar-refractivity contribution in [2.75, 3.05) is 4.72 Å². The van der Waals surface area contributed by atoms with Gasteiger partial charge in [-0.25, -0.2) is 12.8 Å². The van der Waals surface area contributed by atoms with Gasteiger partial charge in [-0.2, -0.15) is 0 Å². The van der Waals surface area contributed by atoms with Crippen molar-refractivity contribution in [2.24, 2.45) is 0 Å². The van der Waals surface area contributed by atoms with Crippen LogP contribution >= 0.6 is 0 Å². The number of nitrogens with one attached hydrogen (secondary N) is 1. The number of aliphatic carboxylic acids is 1. The maximum atomic E-state index is 12.8. The topological polar surface area (TPSA) is 96.4 Å². The SMILES string of the molecule is O=C(O)Cc1ccc(NS(=O)(=O)c2ccc(F)cc2)cn1. The normalized spacial score (nSPS) is 11.1. The molecule has 0 atom stereocenters. The molecule has 2 aromatic rings. The highest BCUT2D eigenvalue weighted by Gasteiger charge is 2.14. The Labute approximate surface area is 120 Å². The fourth-order valence-corrected chi connectivity index (χ4v) is 2.62. The number of rotatable bonds is 5. The second kappa shape index (κ2) is 5.88. The van der Waals surface area contributed by atoms with Gasteiger partial charge in [0.1, 0.15) is 5.82 Å². The maximum Gasteiger partial charge on any atom is 0.309 e. The fraction of sp³-hybridized carbons (Fsp3) is 0.0769. The van der Waals surface area contributed by atoms with Crippen molar-refractivity contribution in [2.45, 2.75) is 11.3 Å². The van der Waals surface area contributed by atoms with Gasteiger partial charge >= 0.3 is 5.97 Å². The van der Waals surface area contributed by atoms with Crippen LogP contribution in [-0.2, 0) is 21.2 Å². The Bertz CT molecular complexity index is 743. The van der Waals surface area contributed by atoms with E-state index < -0.39 is 21.8 Å². The van der Waals surface area contributed by atoms with Gasteiger partial charge in [-0.3, -0.25) is 14.5 Å². The average Bonchev–Trinajstić information content (AvgIpc) is 2.40. The molecule has 0 saturated heterocycles. The van der Waals surface area contributed by atoms with Gasteiger partial charge in [0.2, 0.25) is 0 Å². The maximum absolute atomic E-state index is 12.8. The minimum Gasteiger partial charge on any atom is -0.481 e. The Morgan fingerprint density at radius 1 is 1.19 bits per heavy atom. The summed E-state index contributed by atoms with van der Waals surface area (Å²) < 4.78 is 39.1. The molecule has 8 heteroatoms. The molecule has 6 nitrogen and oxygen atoms in total. The summed E-state index contributed by atoms with van der Waals surface area (Å²) in [5, 5.41) is 8.61. The number of carbonyl (C=O) groups is 1. The van der Waals surface area contributed by atoms with Crippen LogP contribution < -0.4 is 4.72 Å². The number of hydrogen-bond donors (Lipinski definition) is 2. The summed E-state index contributed by atoms with van der Waals surface area (Å²) in [6.07, 6.45) is 0.977. The van der Waals surface area contributed by atoms with Gasteiger partial charge in [-0.05, 0) is 36.4 Å². The van der Waals surface area contributed by atoms with E-state index in [0.29, 0.717) is 5.69 Å².